The fourth-order valence-corrected chi connectivity index (χ4v) is 3.77. The molecule has 0 radical (unpaired) electrons. The van der Waals surface area contributed by atoms with Crippen molar-refractivity contribution < 1.29 is 0 Å². The smallest absolute Gasteiger partial charge is 0.191 e. The largest absolute Gasteiger partial charge is 0.357 e. The van der Waals surface area contributed by atoms with E-state index in [-0.39, 0.29) is 0 Å². The molecule has 158 valence electrons. The fraction of sp³-hybridized carbons (Fsp3) is 0.565. The molecular weight excluding hydrogens is 360 g/mol. The van der Waals surface area contributed by atoms with Gasteiger partial charge in [-0.3, -0.25) is 9.58 Å². The number of nitrogens with zero attached hydrogens (tertiary/aromatic N) is 4. The molecule has 2 aromatic rings. The maximum Gasteiger partial charge on any atom is 0.191 e. The zero-order chi connectivity index (χ0) is 20.2. The molecule has 0 saturated carbocycles. The van der Waals surface area contributed by atoms with E-state index in [2.05, 4.69) is 51.8 Å². The number of guanidine groups is 1. The predicted octanol–water partition coefficient (Wildman–Crippen LogP) is 3.40. The van der Waals surface area contributed by atoms with Crippen LogP contribution in [0, 0.1) is 0 Å². The van der Waals surface area contributed by atoms with Gasteiger partial charge < -0.3 is 10.6 Å². The Morgan fingerprint density at radius 1 is 1.07 bits per heavy atom. The summed E-state index contributed by atoms with van der Waals surface area (Å²) in [5.41, 5.74) is 2.67. The number of hydrogen-bond donors (Lipinski definition) is 2. The van der Waals surface area contributed by atoms with E-state index in [9.17, 15) is 0 Å². The number of rotatable bonds is 9. The van der Waals surface area contributed by atoms with Gasteiger partial charge in [0.15, 0.2) is 5.96 Å². The lowest BCUT2D eigenvalue weighted by Crippen LogP contribution is -2.38. The van der Waals surface area contributed by atoms with E-state index in [0.717, 1.165) is 38.6 Å². The van der Waals surface area contributed by atoms with Crippen LogP contribution in [-0.4, -0.2) is 46.8 Å². The maximum absolute atomic E-state index is 4.78. The molecule has 3 rings (SSSR count). The lowest BCUT2D eigenvalue weighted by molar-refractivity contribution is 0.277. The van der Waals surface area contributed by atoms with Crippen molar-refractivity contribution in [2.24, 2.45) is 4.99 Å². The van der Waals surface area contributed by atoms with E-state index in [1.54, 1.807) is 0 Å². The summed E-state index contributed by atoms with van der Waals surface area (Å²) in [6.45, 7) is 8.97. The number of aliphatic imine (C=N–C) groups is 1. The van der Waals surface area contributed by atoms with E-state index in [0.29, 0.717) is 6.54 Å². The van der Waals surface area contributed by atoms with Gasteiger partial charge in [-0.2, -0.15) is 5.10 Å². The summed E-state index contributed by atoms with van der Waals surface area (Å²) in [7, 11) is 0. The van der Waals surface area contributed by atoms with Crippen molar-refractivity contribution in [2.45, 2.75) is 58.7 Å². The zero-order valence-electron chi connectivity index (χ0n) is 17.8. The molecule has 0 atom stereocenters. The molecule has 1 aromatic heterocycles. The van der Waals surface area contributed by atoms with Crippen LogP contribution < -0.4 is 10.6 Å². The minimum atomic E-state index is 0.697. The number of hydrogen-bond acceptors (Lipinski definition) is 3. The van der Waals surface area contributed by atoms with Crippen molar-refractivity contribution in [2.75, 3.05) is 26.2 Å². The number of aromatic nitrogens is 2. The molecule has 6 nitrogen and oxygen atoms in total. The van der Waals surface area contributed by atoms with E-state index in [4.69, 9.17) is 4.99 Å². The van der Waals surface area contributed by atoms with Gasteiger partial charge >= 0.3 is 0 Å². The quantitative estimate of drug-likeness (QED) is 0.387. The van der Waals surface area contributed by atoms with Crippen LogP contribution in [-0.2, 0) is 19.6 Å². The van der Waals surface area contributed by atoms with Crippen molar-refractivity contribution in [3.05, 3.63) is 53.9 Å². The van der Waals surface area contributed by atoms with Crippen LogP contribution in [0.3, 0.4) is 0 Å². The Balaban J connectivity index is 1.48. The lowest BCUT2D eigenvalue weighted by Gasteiger charge is -2.20. The predicted molar refractivity (Wildman–Crippen MR) is 120 cm³/mol. The molecule has 0 spiro atoms. The van der Waals surface area contributed by atoms with Gasteiger partial charge in [0.2, 0.25) is 0 Å². The molecule has 0 aliphatic carbocycles. The number of benzene rings is 1. The molecular formula is C23H36N6. The molecule has 6 heteroatoms. The van der Waals surface area contributed by atoms with Crippen molar-refractivity contribution in [1.82, 2.24) is 25.3 Å². The van der Waals surface area contributed by atoms with Crippen molar-refractivity contribution in [1.29, 1.82) is 0 Å². The summed E-state index contributed by atoms with van der Waals surface area (Å²) in [5, 5.41) is 11.0. The van der Waals surface area contributed by atoms with Crippen LogP contribution >= 0.6 is 0 Å². The molecule has 1 aromatic carbocycles. The first kappa shape index (κ1) is 21.4. The van der Waals surface area contributed by atoms with Crippen LogP contribution in [0.1, 0.15) is 50.2 Å². The Labute approximate surface area is 175 Å². The van der Waals surface area contributed by atoms with Gasteiger partial charge in [-0.1, -0.05) is 37.1 Å². The lowest BCUT2D eigenvalue weighted by atomic mass is 10.1. The second-order valence-electron chi connectivity index (χ2n) is 7.75. The van der Waals surface area contributed by atoms with Crippen LogP contribution in [0.25, 0.3) is 0 Å². The second kappa shape index (κ2) is 12.3. The molecule has 2 N–H and O–H groups in total. The molecule has 1 saturated heterocycles. The van der Waals surface area contributed by atoms with Crippen molar-refractivity contribution in [3.8, 4) is 0 Å². The van der Waals surface area contributed by atoms with Gasteiger partial charge in [0.05, 0.1) is 6.54 Å². The fourth-order valence-electron chi connectivity index (χ4n) is 3.77. The van der Waals surface area contributed by atoms with Gasteiger partial charge in [0, 0.05) is 38.6 Å². The highest BCUT2D eigenvalue weighted by Crippen LogP contribution is 2.14. The minimum absolute atomic E-state index is 0.697. The standard InChI is InChI=1S/C23H36N6/c1-2-24-23(25-12-8-16-29-17-9-13-27-29)26-19-21-10-7-11-22(18-21)20-28-14-5-3-4-6-15-28/h7,9-11,13,17-18H,2-6,8,12,14-16,19-20H2,1H3,(H2,24,25,26). The number of nitrogens with one attached hydrogen (secondary N) is 2. The van der Waals surface area contributed by atoms with E-state index >= 15 is 0 Å². The molecule has 2 heterocycles. The van der Waals surface area contributed by atoms with Crippen LogP contribution in [0.2, 0.25) is 0 Å². The number of likely N-dealkylation sites (tertiary alicyclic amines) is 1. The topological polar surface area (TPSA) is 57.5 Å². The van der Waals surface area contributed by atoms with Gasteiger partial charge in [-0.05, 0) is 56.5 Å². The van der Waals surface area contributed by atoms with Crippen LogP contribution in [0.5, 0.6) is 0 Å². The third-order valence-electron chi connectivity index (χ3n) is 5.28. The Morgan fingerprint density at radius 3 is 2.66 bits per heavy atom. The van der Waals surface area contributed by atoms with Crippen molar-refractivity contribution >= 4 is 5.96 Å². The molecule has 0 bridgehead atoms. The number of aryl methyl sites for hydroxylation is 1. The SMILES string of the molecule is CCNC(=NCc1cccc(CN2CCCCCC2)c1)NCCCn1cccn1. The zero-order valence-corrected chi connectivity index (χ0v) is 17.8. The van der Waals surface area contributed by atoms with Crippen molar-refractivity contribution in [3.63, 3.8) is 0 Å². The Hall–Kier alpha value is -2.34. The van der Waals surface area contributed by atoms with E-state index in [1.165, 1.54) is 49.9 Å². The Kier molecular flexibility index (Phi) is 9.04. The summed E-state index contributed by atoms with van der Waals surface area (Å²) in [4.78, 5) is 7.38. The summed E-state index contributed by atoms with van der Waals surface area (Å²) in [6, 6.07) is 10.9. The molecule has 0 unspecified atom stereocenters. The third-order valence-corrected chi connectivity index (χ3v) is 5.28. The van der Waals surface area contributed by atoms with Gasteiger partial charge in [0.1, 0.15) is 0 Å². The van der Waals surface area contributed by atoms with Gasteiger partial charge in [0.25, 0.3) is 0 Å². The highest BCUT2D eigenvalue weighted by Gasteiger charge is 2.09. The summed E-state index contributed by atoms with van der Waals surface area (Å²) in [6.07, 6.45) is 10.3. The summed E-state index contributed by atoms with van der Waals surface area (Å²) >= 11 is 0. The Bertz CT molecular complexity index is 717. The molecule has 0 amide bonds. The third kappa shape index (κ3) is 7.89. The summed E-state index contributed by atoms with van der Waals surface area (Å²) < 4.78 is 1.96. The monoisotopic (exact) mass is 396 g/mol. The van der Waals surface area contributed by atoms with Gasteiger partial charge in [-0.25, -0.2) is 4.99 Å². The average molecular weight is 397 g/mol. The van der Waals surface area contributed by atoms with Crippen LogP contribution in [0.15, 0.2) is 47.7 Å². The second-order valence-corrected chi connectivity index (χ2v) is 7.75. The average Bonchev–Trinajstić information content (AvgIpc) is 3.13. The first-order chi connectivity index (χ1) is 14.3. The van der Waals surface area contributed by atoms with Crippen LogP contribution in [0.4, 0.5) is 0 Å². The highest BCUT2D eigenvalue weighted by atomic mass is 15.3. The normalized spacial score (nSPS) is 15.8. The van der Waals surface area contributed by atoms with Gasteiger partial charge in [-0.15, -0.1) is 0 Å². The first-order valence-corrected chi connectivity index (χ1v) is 11.1. The molecule has 29 heavy (non-hydrogen) atoms. The first-order valence-electron chi connectivity index (χ1n) is 11.1. The van der Waals surface area contributed by atoms with E-state index < -0.39 is 0 Å². The minimum Gasteiger partial charge on any atom is -0.357 e. The summed E-state index contributed by atoms with van der Waals surface area (Å²) in [5.74, 6) is 0.880. The Morgan fingerprint density at radius 2 is 1.90 bits per heavy atom. The molecule has 1 aliphatic heterocycles. The maximum atomic E-state index is 4.78. The highest BCUT2D eigenvalue weighted by molar-refractivity contribution is 5.79. The van der Waals surface area contributed by atoms with E-state index in [1.807, 2.05) is 23.1 Å². The molecule has 1 aliphatic rings. The molecule has 1 fully saturated rings.